The minimum atomic E-state index is -3.16. The van der Waals surface area contributed by atoms with Crippen LogP contribution >= 0.6 is 14.3 Å². The molecule has 26 heteroatoms. The number of alkyl halides is 4. The number of likely N-dealkylation sites (N-methyl/N-ethyl adjacent to an activating group) is 4. The first kappa shape index (κ1) is 59.9. The summed E-state index contributed by atoms with van der Waals surface area (Å²) in [6.07, 6.45) is 6.91. The number of nitrogens with zero attached hydrogens (tertiary/aromatic N) is 11. The van der Waals surface area contributed by atoms with E-state index in [1.807, 2.05) is 122 Å². The molecule has 20 nitrogen and oxygen atoms in total. The number of aromatic nitrogens is 6. The summed E-state index contributed by atoms with van der Waals surface area (Å²) in [5.41, 5.74) is 11.8. The Morgan fingerprint density at radius 2 is 1.04 bits per heavy atom. The summed E-state index contributed by atoms with van der Waals surface area (Å²) in [6.45, 7) is 3.13. The quantitative estimate of drug-likeness (QED) is 0.0200. The second-order valence-corrected chi connectivity index (χ2v) is 26.8. The summed E-state index contributed by atoms with van der Waals surface area (Å²) in [6, 6.07) is 20.2. The molecule has 80 heavy (non-hydrogen) atoms. The molecule has 0 bridgehead atoms. The summed E-state index contributed by atoms with van der Waals surface area (Å²) in [5, 5.41) is 21.1. The normalized spacial score (nSPS) is 11.9. The number of aryl methyl sites for hydroxylation is 2. The molecule has 0 saturated carbocycles. The molecule has 0 aliphatic heterocycles. The fourth-order valence-corrected chi connectivity index (χ4v) is 10.4. The number of rotatable bonds is 21. The molecule has 0 amide bonds. The van der Waals surface area contributed by atoms with Gasteiger partial charge < -0.3 is 63.7 Å². The van der Waals surface area contributed by atoms with Crippen LogP contribution in [-0.4, -0.2) is 152 Å². The number of anilines is 7. The van der Waals surface area contributed by atoms with E-state index in [1.165, 1.54) is 18.3 Å². The number of nitro benzene ring substituents is 1. The standard InChI is InChI=1S/C27H32F2N7O4P.C27H34F2N7O2P/c1-33(2)11-12-34(3)23-15-25(40-26(28)29)21(14-24(23)36(37)38)32-27-30-10-9-20(31-27)19-16-35(4)22-13-17(41(5,6)39)7-8-18(19)22;1-34(2)11-12-35(3)24-15-25(38-26(28)29)22(14-20(24)30)33-27-31-10-9-21(32-27)19-16-36(4)23-13-17(39(5,6)37)7-8-18(19)23/h7-10,13-16,26H,11-12H2,1-6H3,(H,30,31,32);7-10,13-16,26H,11-12,30H2,1-6H3,(H,31,32,33). The van der Waals surface area contributed by atoms with Crippen molar-refractivity contribution in [3.63, 3.8) is 0 Å². The third kappa shape index (κ3) is 14.5. The van der Waals surface area contributed by atoms with Crippen LogP contribution in [0, 0.1) is 10.1 Å². The maximum atomic E-state index is 13.4. The van der Waals surface area contributed by atoms with Crippen molar-refractivity contribution in [3.8, 4) is 34.0 Å². The molecule has 426 valence electrons. The van der Waals surface area contributed by atoms with E-state index in [0.717, 1.165) is 56.2 Å². The van der Waals surface area contributed by atoms with Crippen molar-refractivity contribution in [3.05, 3.63) is 108 Å². The minimum absolute atomic E-state index is 0.0323. The molecule has 0 aliphatic rings. The van der Waals surface area contributed by atoms with Crippen LogP contribution in [0.4, 0.5) is 63.6 Å². The smallest absolute Gasteiger partial charge is 0.387 e. The lowest BCUT2D eigenvalue weighted by Crippen LogP contribution is -2.29. The van der Waals surface area contributed by atoms with Crippen LogP contribution in [0.15, 0.2) is 97.6 Å². The van der Waals surface area contributed by atoms with Crippen LogP contribution in [0.5, 0.6) is 11.5 Å². The molecule has 4 aromatic carbocycles. The van der Waals surface area contributed by atoms with Crippen molar-refractivity contribution in [1.82, 2.24) is 38.9 Å². The van der Waals surface area contributed by atoms with Crippen LogP contribution in [0.3, 0.4) is 0 Å². The van der Waals surface area contributed by atoms with Crippen molar-refractivity contribution in [2.75, 3.05) is 121 Å². The first-order valence-corrected chi connectivity index (χ1v) is 30.2. The van der Waals surface area contributed by atoms with Crippen molar-refractivity contribution < 1.29 is 41.1 Å². The average Bonchev–Trinajstić information content (AvgIpc) is 3.97. The molecular formula is C54H66F4N14O6P2. The average molecular weight is 1150 g/mol. The number of nitrogens with one attached hydrogen (secondary N) is 2. The Balaban J connectivity index is 0.000000231. The van der Waals surface area contributed by atoms with Crippen molar-refractivity contribution in [2.24, 2.45) is 14.1 Å². The Labute approximate surface area is 461 Å². The molecule has 0 fully saturated rings. The third-order valence-electron chi connectivity index (χ3n) is 13.0. The number of benzene rings is 4. The summed E-state index contributed by atoms with van der Waals surface area (Å²) in [7, 11) is 10.0. The van der Waals surface area contributed by atoms with Gasteiger partial charge in [-0.25, -0.2) is 19.9 Å². The molecule has 0 unspecified atom stereocenters. The van der Waals surface area contributed by atoms with E-state index in [1.54, 1.807) is 63.0 Å². The van der Waals surface area contributed by atoms with Crippen molar-refractivity contribution >= 4 is 92.7 Å². The van der Waals surface area contributed by atoms with Gasteiger partial charge in [0.05, 0.1) is 39.1 Å². The predicted octanol–water partition coefficient (Wildman–Crippen LogP) is 9.94. The highest BCUT2D eigenvalue weighted by Gasteiger charge is 2.26. The van der Waals surface area contributed by atoms with Crippen LogP contribution in [0.1, 0.15) is 0 Å². The maximum absolute atomic E-state index is 13.4. The number of nitro groups is 1. The molecule has 0 aliphatic carbocycles. The topological polar surface area (TPSA) is 220 Å². The minimum Gasteiger partial charge on any atom is -0.433 e. The molecule has 4 aromatic heterocycles. The second kappa shape index (κ2) is 24.7. The number of hydrogen-bond acceptors (Lipinski definition) is 17. The number of ether oxygens (including phenoxy) is 2. The summed E-state index contributed by atoms with van der Waals surface area (Å²) >= 11 is 0. The summed E-state index contributed by atoms with van der Waals surface area (Å²) in [4.78, 5) is 36.5. The van der Waals surface area contributed by atoms with E-state index in [-0.39, 0.29) is 46.1 Å². The largest absolute Gasteiger partial charge is 0.433 e. The SMILES string of the molecule is CN(C)CCN(C)c1cc(OC(F)F)c(Nc2nccc(-c3cn(C)c4cc(P(C)(C)=O)ccc34)n2)cc1N.CN(C)CCN(C)c1cc(OC(F)F)c(Nc2nccc(-c3cn(C)c4cc(P(C)(C)=O)ccc34)n2)cc1[N+](=O)[O-]. The molecule has 8 aromatic rings. The Bertz CT molecular complexity index is 3640. The van der Waals surface area contributed by atoms with Gasteiger partial charge in [0.25, 0.3) is 5.69 Å². The molecule has 0 atom stereocenters. The van der Waals surface area contributed by atoms with Crippen LogP contribution in [-0.2, 0) is 23.2 Å². The molecule has 8 rings (SSSR count). The van der Waals surface area contributed by atoms with Gasteiger partial charge in [0.15, 0.2) is 11.5 Å². The number of hydrogen-bond donors (Lipinski definition) is 3. The fourth-order valence-electron chi connectivity index (χ4n) is 8.65. The molecule has 4 N–H and O–H groups in total. The number of fused-ring (bicyclic) bond motifs is 2. The van der Waals surface area contributed by atoms with Gasteiger partial charge in [-0.1, -0.05) is 24.3 Å². The van der Waals surface area contributed by atoms with Crippen molar-refractivity contribution in [1.29, 1.82) is 0 Å². The first-order valence-electron chi connectivity index (χ1n) is 24.9. The summed E-state index contributed by atoms with van der Waals surface area (Å²) < 4.78 is 92.0. The predicted molar refractivity (Wildman–Crippen MR) is 313 cm³/mol. The van der Waals surface area contributed by atoms with Crippen molar-refractivity contribution in [2.45, 2.75) is 13.2 Å². The van der Waals surface area contributed by atoms with E-state index < -0.39 is 32.4 Å². The highest BCUT2D eigenvalue weighted by molar-refractivity contribution is 7.70. The van der Waals surface area contributed by atoms with Gasteiger partial charge in [-0.2, -0.15) is 17.6 Å². The molecular weight excluding hydrogens is 1080 g/mol. The Kier molecular flexibility index (Phi) is 18.5. The highest BCUT2D eigenvalue weighted by atomic mass is 31.2. The van der Waals surface area contributed by atoms with Gasteiger partial charge in [-0.3, -0.25) is 10.1 Å². The first-order chi connectivity index (χ1) is 37.6. The van der Waals surface area contributed by atoms with E-state index in [0.29, 0.717) is 42.4 Å². The van der Waals surface area contributed by atoms with Gasteiger partial charge in [-0.15, -0.1) is 0 Å². The number of nitrogen functional groups attached to an aromatic ring is 1. The lowest BCUT2D eigenvalue weighted by atomic mass is 10.1. The Morgan fingerprint density at radius 3 is 1.44 bits per heavy atom. The van der Waals surface area contributed by atoms with E-state index >= 15 is 0 Å². The van der Waals surface area contributed by atoms with Gasteiger partial charge in [0, 0.05) is 141 Å². The third-order valence-corrected chi connectivity index (χ3v) is 16.0. The highest BCUT2D eigenvalue weighted by Crippen LogP contribution is 2.42. The Hall–Kier alpha value is -7.78. The van der Waals surface area contributed by atoms with Crippen LogP contribution in [0.2, 0.25) is 0 Å². The van der Waals surface area contributed by atoms with E-state index in [9.17, 15) is 36.8 Å². The Morgan fingerprint density at radius 1 is 0.625 bits per heavy atom. The maximum Gasteiger partial charge on any atom is 0.387 e. The van der Waals surface area contributed by atoms with E-state index in [4.69, 9.17) is 15.2 Å². The molecule has 0 saturated heterocycles. The number of halogens is 4. The lowest BCUT2D eigenvalue weighted by molar-refractivity contribution is -0.384. The zero-order valence-corrected chi connectivity index (χ0v) is 48.4. The monoisotopic (exact) mass is 1140 g/mol. The summed E-state index contributed by atoms with van der Waals surface area (Å²) in [5.74, 6) is -0.126. The molecule has 0 spiro atoms. The van der Waals surface area contributed by atoms with Gasteiger partial charge >= 0.3 is 13.2 Å². The van der Waals surface area contributed by atoms with Gasteiger partial charge in [-0.05, 0) is 85.2 Å². The molecule has 0 radical (unpaired) electrons. The van der Waals surface area contributed by atoms with Crippen LogP contribution in [0.25, 0.3) is 44.3 Å². The van der Waals surface area contributed by atoms with Gasteiger partial charge in [0.2, 0.25) is 11.9 Å². The lowest BCUT2D eigenvalue weighted by Gasteiger charge is -2.24. The van der Waals surface area contributed by atoms with Crippen LogP contribution < -0.4 is 46.2 Å². The zero-order chi connectivity index (χ0) is 58.5. The second-order valence-electron chi connectivity index (χ2n) is 20.4. The molecule has 4 heterocycles. The van der Waals surface area contributed by atoms with Gasteiger partial charge in [0.1, 0.15) is 20.0 Å². The number of nitrogens with two attached hydrogens (primary N) is 1. The van der Waals surface area contributed by atoms with E-state index in [2.05, 4.69) is 30.6 Å². The fraction of sp³-hybridized carbons (Fsp3) is 0.333. The zero-order valence-electron chi connectivity index (χ0n) is 46.6.